The van der Waals surface area contributed by atoms with E-state index in [2.05, 4.69) is 6.92 Å². The maximum Gasteiger partial charge on any atom is 0.201 e. The minimum absolute atomic E-state index is 0.147. The van der Waals surface area contributed by atoms with E-state index in [4.69, 9.17) is 14.2 Å². The normalized spacial score (nSPS) is 21.8. The lowest BCUT2D eigenvalue weighted by atomic mass is 10.0. The summed E-state index contributed by atoms with van der Waals surface area (Å²) in [5.41, 5.74) is 0.394. The first-order valence-electron chi connectivity index (χ1n) is 7.92. The van der Waals surface area contributed by atoms with Crippen LogP contribution in [0.4, 0.5) is 8.78 Å². The summed E-state index contributed by atoms with van der Waals surface area (Å²) < 4.78 is 43.3. The van der Waals surface area contributed by atoms with E-state index in [0.717, 1.165) is 12.5 Å². The minimum Gasteiger partial charge on any atom is -0.493 e. The number of hydrogen-bond acceptors (Lipinski definition) is 3. The van der Waals surface area contributed by atoms with Crippen LogP contribution in [-0.2, 0) is 9.47 Å². The summed E-state index contributed by atoms with van der Waals surface area (Å²) in [7, 11) is 1.31. The van der Waals surface area contributed by atoms with Gasteiger partial charge in [0.05, 0.1) is 25.9 Å². The number of hydrogen-bond donors (Lipinski definition) is 0. The van der Waals surface area contributed by atoms with Crippen LogP contribution in [0.25, 0.3) is 0 Å². The lowest BCUT2D eigenvalue weighted by Crippen LogP contribution is -2.27. The maximum atomic E-state index is 13.7. The molecule has 1 aliphatic rings. The van der Waals surface area contributed by atoms with Crippen LogP contribution in [-0.4, -0.2) is 20.3 Å². The summed E-state index contributed by atoms with van der Waals surface area (Å²) in [5, 5.41) is 0. The summed E-state index contributed by atoms with van der Waals surface area (Å²) in [6.45, 7) is 3.32. The fourth-order valence-electron chi connectivity index (χ4n) is 2.69. The molecule has 22 heavy (non-hydrogen) atoms. The summed E-state index contributed by atoms with van der Waals surface area (Å²) in [4.78, 5) is 0. The first kappa shape index (κ1) is 17.2. The molecule has 1 aliphatic heterocycles. The topological polar surface area (TPSA) is 27.7 Å². The molecular formula is C17H24F2O3. The van der Waals surface area contributed by atoms with Crippen LogP contribution in [0.2, 0.25) is 0 Å². The second-order valence-electron chi connectivity index (χ2n) is 5.70. The molecule has 0 saturated carbocycles. The highest BCUT2D eigenvalue weighted by molar-refractivity contribution is 5.36. The van der Waals surface area contributed by atoms with Gasteiger partial charge in [0.1, 0.15) is 0 Å². The predicted molar refractivity (Wildman–Crippen MR) is 79.8 cm³/mol. The Bertz CT molecular complexity index is 471. The molecule has 3 nitrogen and oxygen atoms in total. The van der Waals surface area contributed by atoms with Gasteiger partial charge in [-0.25, -0.2) is 4.39 Å². The quantitative estimate of drug-likeness (QED) is 0.688. The maximum absolute atomic E-state index is 13.7. The van der Waals surface area contributed by atoms with Crippen molar-refractivity contribution in [3.8, 4) is 5.75 Å². The smallest absolute Gasteiger partial charge is 0.201 e. The van der Waals surface area contributed by atoms with Crippen molar-refractivity contribution in [2.75, 3.05) is 20.3 Å². The molecule has 0 atom stereocenters. The highest BCUT2D eigenvalue weighted by atomic mass is 19.2. The zero-order valence-electron chi connectivity index (χ0n) is 13.2. The van der Waals surface area contributed by atoms with Gasteiger partial charge in [0.25, 0.3) is 0 Å². The van der Waals surface area contributed by atoms with E-state index in [0.29, 0.717) is 24.7 Å². The van der Waals surface area contributed by atoms with Crippen LogP contribution in [0.15, 0.2) is 12.1 Å². The molecule has 0 spiro atoms. The number of benzene rings is 1. The number of methoxy groups -OCH3 is 1. The number of ether oxygens (including phenoxy) is 3. The van der Waals surface area contributed by atoms with Gasteiger partial charge in [-0.1, -0.05) is 32.6 Å². The second-order valence-corrected chi connectivity index (χ2v) is 5.70. The third-order valence-corrected chi connectivity index (χ3v) is 3.97. The fraction of sp³-hybridized carbons (Fsp3) is 0.647. The number of halogens is 2. The first-order valence-corrected chi connectivity index (χ1v) is 7.92. The molecule has 0 unspecified atom stereocenters. The van der Waals surface area contributed by atoms with Gasteiger partial charge < -0.3 is 14.2 Å². The predicted octanol–water partition coefficient (Wildman–Crippen LogP) is 4.61. The van der Waals surface area contributed by atoms with E-state index < -0.39 is 17.9 Å². The molecule has 0 N–H and O–H groups in total. The zero-order valence-corrected chi connectivity index (χ0v) is 13.2. The SMILES string of the molecule is CCCCCCC1COC(c2ccc(F)c(F)c2OC)OC1. The molecule has 0 aromatic heterocycles. The second kappa shape index (κ2) is 8.44. The van der Waals surface area contributed by atoms with Crippen molar-refractivity contribution in [1.29, 1.82) is 0 Å². The van der Waals surface area contributed by atoms with Gasteiger partial charge in [-0.2, -0.15) is 4.39 Å². The molecule has 1 saturated heterocycles. The summed E-state index contributed by atoms with van der Waals surface area (Å²) in [5.74, 6) is -1.73. The van der Waals surface area contributed by atoms with Gasteiger partial charge in [0.15, 0.2) is 17.9 Å². The van der Waals surface area contributed by atoms with Gasteiger partial charge in [0, 0.05) is 5.92 Å². The van der Waals surface area contributed by atoms with E-state index in [-0.39, 0.29) is 5.75 Å². The Morgan fingerprint density at radius 2 is 1.86 bits per heavy atom. The Balaban J connectivity index is 1.90. The first-order chi connectivity index (χ1) is 10.7. The Kier molecular flexibility index (Phi) is 6.58. The van der Waals surface area contributed by atoms with Gasteiger partial charge >= 0.3 is 0 Å². The molecule has 1 fully saturated rings. The number of unbranched alkanes of at least 4 members (excludes halogenated alkanes) is 3. The molecule has 1 aromatic rings. The van der Waals surface area contributed by atoms with Gasteiger partial charge in [-0.15, -0.1) is 0 Å². The lowest BCUT2D eigenvalue weighted by molar-refractivity contribution is -0.206. The summed E-state index contributed by atoms with van der Waals surface area (Å²) >= 11 is 0. The van der Waals surface area contributed by atoms with E-state index >= 15 is 0 Å². The Morgan fingerprint density at radius 3 is 2.50 bits per heavy atom. The van der Waals surface area contributed by atoms with Crippen LogP contribution >= 0.6 is 0 Å². The monoisotopic (exact) mass is 314 g/mol. The Hall–Kier alpha value is -1.20. The van der Waals surface area contributed by atoms with Gasteiger partial charge in [-0.05, 0) is 18.6 Å². The molecule has 0 radical (unpaired) electrons. The van der Waals surface area contributed by atoms with E-state index in [9.17, 15) is 8.78 Å². The van der Waals surface area contributed by atoms with Crippen molar-refractivity contribution >= 4 is 0 Å². The molecule has 2 rings (SSSR count). The standard InChI is InChI=1S/C17H24F2O3/c1-3-4-5-6-7-12-10-21-17(22-11-12)13-8-9-14(18)15(19)16(13)20-2/h8-9,12,17H,3-7,10-11H2,1-2H3. The molecule has 0 amide bonds. The average Bonchev–Trinajstić information content (AvgIpc) is 2.55. The highest BCUT2D eigenvalue weighted by Gasteiger charge is 2.28. The summed E-state index contributed by atoms with van der Waals surface area (Å²) in [6.07, 6.45) is 5.25. The van der Waals surface area contributed by atoms with Gasteiger partial charge in [-0.3, -0.25) is 0 Å². The van der Waals surface area contributed by atoms with Crippen LogP contribution in [0.3, 0.4) is 0 Å². The third-order valence-electron chi connectivity index (χ3n) is 3.97. The van der Waals surface area contributed by atoms with E-state index in [1.807, 2.05) is 0 Å². The van der Waals surface area contributed by atoms with Crippen molar-refractivity contribution in [3.05, 3.63) is 29.3 Å². The molecule has 1 heterocycles. The van der Waals surface area contributed by atoms with Crippen LogP contribution in [0.5, 0.6) is 5.75 Å². The third kappa shape index (κ3) is 4.17. The van der Waals surface area contributed by atoms with Crippen LogP contribution in [0, 0.1) is 17.6 Å². The highest BCUT2D eigenvalue weighted by Crippen LogP contribution is 2.35. The van der Waals surface area contributed by atoms with Crippen molar-refractivity contribution in [3.63, 3.8) is 0 Å². The van der Waals surface area contributed by atoms with Crippen LogP contribution < -0.4 is 4.74 Å². The van der Waals surface area contributed by atoms with E-state index in [1.165, 1.54) is 38.9 Å². The minimum atomic E-state index is -1.01. The van der Waals surface area contributed by atoms with Gasteiger partial charge in [0.2, 0.25) is 5.82 Å². The molecular weight excluding hydrogens is 290 g/mol. The lowest BCUT2D eigenvalue weighted by Gasteiger charge is -2.30. The van der Waals surface area contributed by atoms with Crippen molar-refractivity contribution < 1.29 is 23.0 Å². The molecule has 0 aliphatic carbocycles. The van der Waals surface area contributed by atoms with Crippen molar-refractivity contribution in [2.45, 2.75) is 45.3 Å². The van der Waals surface area contributed by atoms with E-state index in [1.54, 1.807) is 0 Å². The Morgan fingerprint density at radius 1 is 1.14 bits per heavy atom. The zero-order chi connectivity index (χ0) is 15.9. The largest absolute Gasteiger partial charge is 0.493 e. The Labute approximate surface area is 130 Å². The number of rotatable bonds is 7. The molecule has 5 heteroatoms. The molecule has 124 valence electrons. The fourth-order valence-corrected chi connectivity index (χ4v) is 2.69. The average molecular weight is 314 g/mol. The van der Waals surface area contributed by atoms with Crippen molar-refractivity contribution in [1.82, 2.24) is 0 Å². The van der Waals surface area contributed by atoms with Crippen LogP contribution in [0.1, 0.15) is 50.9 Å². The van der Waals surface area contributed by atoms with Crippen molar-refractivity contribution in [2.24, 2.45) is 5.92 Å². The molecule has 0 bridgehead atoms. The molecule has 1 aromatic carbocycles. The summed E-state index contributed by atoms with van der Waals surface area (Å²) in [6, 6.07) is 2.51.